The number of hydrogen-bond acceptors (Lipinski definition) is 7. The van der Waals surface area contributed by atoms with Crippen LogP contribution < -0.4 is 4.90 Å². The summed E-state index contributed by atoms with van der Waals surface area (Å²) in [6, 6.07) is 4.60. The van der Waals surface area contributed by atoms with E-state index in [4.69, 9.17) is 11.6 Å². The third kappa shape index (κ3) is 4.39. The molecule has 0 saturated carbocycles. The molecular formula is C15H11Br2ClN4O6. The Morgan fingerprint density at radius 3 is 1.93 bits per heavy atom. The van der Waals surface area contributed by atoms with E-state index in [9.17, 15) is 30.3 Å². The van der Waals surface area contributed by atoms with Gasteiger partial charge in [0, 0.05) is 15.5 Å². The molecule has 148 valence electrons. The molecule has 2 aromatic carbocycles. The van der Waals surface area contributed by atoms with Gasteiger partial charge in [-0.1, -0.05) is 34.5 Å². The van der Waals surface area contributed by atoms with Crippen LogP contribution in [0, 0.1) is 30.3 Å². The summed E-state index contributed by atoms with van der Waals surface area (Å²) in [6.45, 7) is 1.92. The number of nitro groups is 3. The van der Waals surface area contributed by atoms with Crippen molar-refractivity contribution in [3.05, 3.63) is 68.6 Å². The summed E-state index contributed by atoms with van der Waals surface area (Å²) in [5, 5.41) is 34.5. The summed E-state index contributed by atoms with van der Waals surface area (Å²) >= 11 is 12.9. The monoisotopic (exact) mass is 536 g/mol. The van der Waals surface area contributed by atoms with Gasteiger partial charge in [-0.2, -0.15) is 0 Å². The molecule has 0 spiro atoms. The van der Waals surface area contributed by atoms with E-state index in [-0.39, 0.29) is 22.9 Å². The number of anilines is 2. The van der Waals surface area contributed by atoms with E-state index in [0.29, 0.717) is 27.5 Å². The third-order valence-corrected chi connectivity index (χ3v) is 5.35. The molecule has 10 nitrogen and oxygen atoms in total. The minimum atomic E-state index is -0.920. The molecule has 0 aromatic heterocycles. The largest absolute Gasteiger partial charge is 0.329 e. The average Bonchev–Trinajstić information content (AvgIpc) is 2.61. The highest BCUT2D eigenvalue weighted by molar-refractivity contribution is 9.11. The number of rotatable bonds is 7. The van der Waals surface area contributed by atoms with Crippen LogP contribution in [0.15, 0.2) is 33.2 Å². The van der Waals surface area contributed by atoms with Crippen molar-refractivity contribution in [3.63, 3.8) is 0 Å². The van der Waals surface area contributed by atoms with E-state index in [1.54, 1.807) is 19.1 Å². The molecule has 0 aliphatic rings. The third-order valence-electron chi connectivity index (χ3n) is 3.64. The fourth-order valence-electron chi connectivity index (χ4n) is 2.57. The van der Waals surface area contributed by atoms with Gasteiger partial charge in [-0.25, -0.2) is 0 Å². The lowest BCUT2D eigenvalue weighted by Gasteiger charge is -2.25. The summed E-state index contributed by atoms with van der Waals surface area (Å²) in [7, 11) is 0. The Hall–Kier alpha value is -2.31. The topological polar surface area (TPSA) is 133 Å². The van der Waals surface area contributed by atoms with Gasteiger partial charge in [0.05, 0.1) is 37.6 Å². The summed E-state index contributed by atoms with van der Waals surface area (Å²) in [6.07, 6.45) is 0.464. The zero-order chi connectivity index (χ0) is 21.2. The SMILES string of the molecule is CCCN(c1cc(Br)cc(Br)c1Cl)c1c([N+](=O)[O-])cc([N+](=O)[O-])cc1[N+](=O)[O-]. The highest BCUT2D eigenvalue weighted by Gasteiger charge is 2.35. The second kappa shape index (κ2) is 8.80. The van der Waals surface area contributed by atoms with Crippen molar-refractivity contribution in [1.82, 2.24) is 0 Å². The lowest BCUT2D eigenvalue weighted by atomic mass is 10.1. The van der Waals surface area contributed by atoms with Crippen LogP contribution in [0.2, 0.25) is 5.02 Å². The smallest absolute Gasteiger partial charge is 0.306 e. The highest BCUT2D eigenvalue weighted by atomic mass is 79.9. The number of nitro benzene ring substituents is 3. The van der Waals surface area contributed by atoms with Crippen molar-refractivity contribution in [2.24, 2.45) is 0 Å². The van der Waals surface area contributed by atoms with Crippen molar-refractivity contribution in [1.29, 1.82) is 0 Å². The molecule has 0 heterocycles. The van der Waals surface area contributed by atoms with Gasteiger partial charge in [0.25, 0.3) is 5.69 Å². The first-order chi connectivity index (χ1) is 13.1. The van der Waals surface area contributed by atoms with E-state index in [2.05, 4.69) is 31.9 Å². The van der Waals surface area contributed by atoms with E-state index < -0.39 is 31.8 Å². The van der Waals surface area contributed by atoms with Gasteiger partial charge in [-0.05, 0) is 34.5 Å². The van der Waals surface area contributed by atoms with Crippen molar-refractivity contribution >= 4 is 71.9 Å². The van der Waals surface area contributed by atoms with Crippen LogP contribution in [0.5, 0.6) is 0 Å². The Morgan fingerprint density at radius 1 is 0.964 bits per heavy atom. The number of benzene rings is 2. The molecule has 2 rings (SSSR count). The molecular weight excluding hydrogens is 527 g/mol. The number of nitrogens with zero attached hydrogens (tertiary/aromatic N) is 4. The van der Waals surface area contributed by atoms with Crippen molar-refractivity contribution < 1.29 is 14.8 Å². The van der Waals surface area contributed by atoms with Crippen LogP contribution in [0.3, 0.4) is 0 Å². The summed E-state index contributed by atoms with van der Waals surface area (Å²) in [5.41, 5.74) is -2.39. The molecule has 0 N–H and O–H groups in total. The first-order valence-electron chi connectivity index (χ1n) is 7.61. The minimum Gasteiger partial charge on any atom is -0.329 e. The zero-order valence-electron chi connectivity index (χ0n) is 14.1. The van der Waals surface area contributed by atoms with Crippen LogP contribution in [-0.4, -0.2) is 21.3 Å². The predicted molar refractivity (Wildman–Crippen MR) is 111 cm³/mol. The summed E-state index contributed by atoms with van der Waals surface area (Å²) in [5.74, 6) is 0. The summed E-state index contributed by atoms with van der Waals surface area (Å²) < 4.78 is 1.04. The van der Waals surface area contributed by atoms with Gasteiger partial charge in [-0.3, -0.25) is 30.3 Å². The number of halogens is 3. The molecule has 28 heavy (non-hydrogen) atoms. The van der Waals surface area contributed by atoms with Crippen LogP contribution in [-0.2, 0) is 0 Å². The van der Waals surface area contributed by atoms with Crippen LogP contribution in [0.1, 0.15) is 13.3 Å². The highest BCUT2D eigenvalue weighted by Crippen LogP contribution is 2.47. The molecule has 0 aliphatic carbocycles. The van der Waals surface area contributed by atoms with Gasteiger partial charge in [0.15, 0.2) is 5.69 Å². The summed E-state index contributed by atoms with van der Waals surface area (Å²) in [4.78, 5) is 32.9. The second-order valence-electron chi connectivity index (χ2n) is 5.48. The molecule has 0 saturated heterocycles. The Kier molecular flexibility index (Phi) is 6.91. The minimum absolute atomic E-state index is 0.141. The van der Waals surface area contributed by atoms with E-state index in [1.807, 2.05) is 0 Å². The first-order valence-corrected chi connectivity index (χ1v) is 9.58. The zero-order valence-corrected chi connectivity index (χ0v) is 18.0. The molecule has 2 aromatic rings. The van der Waals surface area contributed by atoms with Gasteiger partial charge >= 0.3 is 11.4 Å². The maximum atomic E-state index is 11.6. The van der Waals surface area contributed by atoms with Crippen LogP contribution >= 0.6 is 43.5 Å². The van der Waals surface area contributed by atoms with Crippen molar-refractivity contribution in [2.75, 3.05) is 11.4 Å². The second-order valence-corrected chi connectivity index (χ2v) is 7.62. The first kappa shape index (κ1) is 22.0. The molecule has 0 amide bonds. The Labute approximate surface area is 179 Å². The van der Waals surface area contributed by atoms with E-state index in [1.165, 1.54) is 4.90 Å². The Morgan fingerprint density at radius 2 is 1.50 bits per heavy atom. The number of hydrogen-bond donors (Lipinski definition) is 0. The fraction of sp³-hybridized carbons (Fsp3) is 0.200. The van der Waals surface area contributed by atoms with Crippen molar-refractivity contribution in [3.8, 4) is 0 Å². The molecule has 0 radical (unpaired) electrons. The molecule has 0 bridgehead atoms. The maximum absolute atomic E-state index is 11.6. The van der Waals surface area contributed by atoms with E-state index >= 15 is 0 Å². The van der Waals surface area contributed by atoms with E-state index in [0.717, 1.165) is 0 Å². The average molecular weight is 539 g/mol. The van der Waals surface area contributed by atoms with Gasteiger partial charge < -0.3 is 4.90 Å². The predicted octanol–water partition coefficient (Wildman–Crippen LogP) is 6.14. The normalized spacial score (nSPS) is 10.6. The Balaban J connectivity index is 2.93. The molecule has 13 heteroatoms. The lowest BCUT2D eigenvalue weighted by molar-refractivity contribution is -0.402. The molecule has 0 fully saturated rings. The number of non-ortho nitro benzene ring substituents is 1. The Bertz CT molecular complexity index is 952. The van der Waals surface area contributed by atoms with Gasteiger partial charge in [-0.15, -0.1) is 0 Å². The fourth-order valence-corrected chi connectivity index (χ4v) is 3.98. The molecule has 0 aliphatic heterocycles. The molecule has 0 unspecified atom stereocenters. The van der Waals surface area contributed by atoms with Crippen LogP contribution in [0.4, 0.5) is 28.4 Å². The standard InChI is InChI=1S/C15H11Br2ClN4O6/c1-2-3-19(11-5-8(16)4-10(17)14(11)18)15-12(21(25)26)6-9(20(23)24)7-13(15)22(27)28/h4-7H,2-3H2,1H3. The van der Waals surface area contributed by atoms with Crippen molar-refractivity contribution in [2.45, 2.75) is 13.3 Å². The van der Waals surface area contributed by atoms with Gasteiger partial charge in [0.2, 0.25) is 0 Å². The quantitative estimate of drug-likeness (QED) is 0.235. The maximum Gasteiger partial charge on any atom is 0.306 e. The van der Waals surface area contributed by atoms with Crippen LogP contribution in [0.25, 0.3) is 0 Å². The lowest BCUT2D eigenvalue weighted by Crippen LogP contribution is -2.21. The molecule has 0 atom stereocenters. The van der Waals surface area contributed by atoms with Gasteiger partial charge in [0.1, 0.15) is 0 Å².